The first-order valence-corrected chi connectivity index (χ1v) is 8.85. The molecule has 26 heavy (non-hydrogen) atoms. The average molecular weight is 377 g/mol. The lowest BCUT2D eigenvalue weighted by molar-refractivity contribution is 0.116. The van der Waals surface area contributed by atoms with E-state index in [9.17, 15) is 9.59 Å². The molecule has 1 unspecified atom stereocenters. The molecule has 1 fully saturated rings. The molecule has 0 bridgehead atoms. The minimum atomic E-state index is -0.807. The van der Waals surface area contributed by atoms with Gasteiger partial charge in [0.05, 0.1) is 13.2 Å². The molecule has 10 heteroatoms. The maximum absolute atomic E-state index is 12.4. The summed E-state index contributed by atoms with van der Waals surface area (Å²) in [6, 6.07) is 7.03. The Kier molecular flexibility index (Phi) is 5.21. The Morgan fingerprint density at radius 1 is 1.38 bits per heavy atom. The standard InChI is InChI=1S/C16H19N5O4S/c1-4-24-15-19-18-13(26-15)21-12(9-20(3)16(21)23)25-14(22)17-11-8-6-5-7-10(11)2/h5-8,12H,4,9H2,1-3H3,(H,17,22). The van der Waals surface area contributed by atoms with Crippen molar-refractivity contribution in [3.63, 3.8) is 0 Å². The van der Waals surface area contributed by atoms with E-state index in [0.29, 0.717) is 22.6 Å². The summed E-state index contributed by atoms with van der Waals surface area (Å²) in [7, 11) is 1.63. The van der Waals surface area contributed by atoms with E-state index >= 15 is 0 Å². The molecule has 9 nitrogen and oxygen atoms in total. The molecule has 0 saturated carbocycles. The van der Waals surface area contributed by atoms with E-state index in [1.54, 1.807) is 13.1 Å². The van der Waals surface area contributed by atoms with Gasteiger partial charge in [-0.05, 0) is 36.8 Å². The summed E-state index contributed by atoms with van der Waals surface area (Å²) in [6.45, 7) is 4.38. The lowest BCUT2D eigenvalue weighted by atomic mass is 10.2. The zero-order valence-corrected chi connectivity index (χ0v) is 15.4. The van der Waals surface area contributed by atoms with Gasteiger partial charge in [-0.15, -0.1) is 5.10 Å². The van der Waals surface area contributed by atoms with E-state index in [-0.39, 0.29) is 12.6 Å². The van der Waals surface area contributed by atoms with Gasteiger partial charge < -0.3 is 14.4 Å². The van der Waals surface area contributed by atoms with Gasteiger partial charge >= 0.3 is 12.1 Å². The van der Waals surface area contributed by atoms with E-state index in [0.717, 1.165) is 16.9 Å². The van der Waals surface area contributed by atoms with E-state index in [1.165, 1.54) is 9.80 Å². The predicted octanol–water partition coefficient (Wildman–Crippen LogP) is 2.69. The number of anilines is 2. The van der Waals surface area contributed by atoms with Crippen LogP contribution in [0.2, 0.25) is 0 Å². The number of rotatable bonds is 5. The molecule has 1 N–H and O–H groups in total. The summed E-state index contributed by atoms with van der Waals surface area (Å²) < 4.78 is 10.7. The number of likely N-dealkylation sites (N-methyl/N-ethyl adjacent to an activating group) is 1. The second-order valence-electron chi connectivity index (χ2n) is 5.62. The molecule has 1 saturated heterocycles. The van der Waals surface area contributed by atoms with Crippen LogP contribution in [0.5, 0.6) is 5.19 Å². The predicted molar refractivity (Wildman–Crippen MR) is 96.7 cm³/mol. The molecule has 138 valence electrons. The highest BCUT2D eigenvalue weighted by atomic mass is 32.1. The fourth-order valence-corrected chi connectivity index (χ4v) is 3.24. The Bertz CT molecular complexity index is 811. The molecule has 2 heterocycles. The van der Waals surface area contributed by atoms with Crippen molar-refractivity contribution in [3.05, 3.63) is 29.8 Å². The van der Waals surface area contributed by atoms with Gasteiger partial charge in [0, 0.05) is 12.7 Å². The molecule has 1 aromatic carbocycles. The van der Waals surface area contributed by atoms with Gasteiger partial charge in [-0.1, -0.05) is 23.3 Å². The van der Waals surface area contributed by atoms with Crippen molar-refractivity contribution in [3.8, 4) is 5.19 Å². The smallest absolute Gasteiger partial charge is 0.413 e. The number of benzene rings is 1. The van der Waals surface area contributed by atoms with Gasteiger partial charge in [0.15, 0.2) is 0 Å². The van der Waals surface area contributed by atoms with Crippen LogP contribution in [0.25, 0.3) is 0 Å². The van der Waals surface area contributed by atoms with Crippen LogP contribution in [0.4, 0.5) is 20.4 Å². The first-order chi connectivity index (χ1) is 12.5. The number of hydrogen-bond donors (Lipinski definition) is 1. The van der Waals surface area contributed by atoms with Crippen LogP contribution < -0.4 is 15.0 Å². The summed E-state index contributed by atoms with van der Waals surface area (Å²) in [6.07, 6.45) is -1.45. The van der Waals surface area contributed by atoms with E-state index in [1.807, 2.05) is 32.0 Å². The SMILES string of the molecule is CCOc1nnc(N2C(=O)N(C)CC2OC(=O)Nc2ccccc2C)s1. The van der Waals surface area contributed by atoms with Crippen LogP contribution >= 0.6 is 11.3 Å². The number of aryl methyl sites for hydroxylation is 1. The minimum absolute atomic E-state index is 0.226. The second-order valence-corrected chi connectivity index (χ2v) is 6.54. The topological polar surface area (TPSA) is 96.9 Å². The number of hydrogen-bond acceptors (Lipinski definition) is 7. The third kappa shape index (κ3) is 3.69. The largest absolute Gasteiger partial charge is 0.469 e. The summed E-state index contributed by atoms with van der Waals surface area (Å²) in [4.78, 5) is 27.4. The van der Waals surface area contributed by atoms with Gasteiger partial charge in [0.25, 0.3) is 5.19 Å². The van der Waals surface area contributed by atoms with Gasteiger partial charge in [-0.25, -0.2) is 14.5 Å². The summed E-state index contributed by atoms with van der Waals surface area (Å²) >= 11 is 1.12. The van der Waals surface area contributed by atoms with E-state index < -0.39 is 12.3 Å². The first kappa shape index (κ1) is 17.9. The fraction of sp³-hybridized carbons (Fsp3) is 0.375. The van der Waals surface area contributed by atoms with Gasteiger partial charge in [-0.3, -0.25) is 5.32 Å². The Morgan fingerprint density at radius 2 is 2.15 bits per heavy atom. The Labute approximate surface area is 154 Å². The molecule has 1 aliphatic heterocycles. The van der Waals surface area contributed by atoms with Crippen LogP contribution in [-0.2, 0) is 4.74 Å². The van der Waals surface area contributed by atoms with Crippen molar-refractivity contribution in [1.29, 1.82) is 0 Å². The van der Waals surface area contributed by atoms with Crippen molar-refractivity contribution in [1.82, 2.24) is 15.1 Å². The number of ether oxygens (including phenoxy) is 2. The Hall–Kier alpha value is -2.88. The van der Waals surface area contributed by atoms with Crippen LogP contribution in [0, 0.1) is 6.92 Å². The number of carbonyl (C=O) groups excluding carboxylic acids is 2. The molecular weight excluding hydrogens is 358 g/mol. The van der Waals surface area contributed by atoms with Crippen LogP contribution in [0.1, 0.15) is 12.5 Å². The van der Waals surface area contributed by atoms with Crippen LogP contribution in [0.3, 0.4) is 0 Å². The molecule has 1 aliphatic rings. The summed E-state index contributed by atoms with van der Waals surface area (Å²) in [5, 5.41) is 11.2. The highest BCUT2D eigenvalue weighted by Gasteiger charge is 2.41. The minimum Gasteiger partial charge on any atom is -0.469 e. The number of nitrogens with zero attached hydrogens (tertiary/aromatic N) is 4. The molecule has 0 spiro atoms. The molecule has 0 aliphatic carbocycles. The number of amides is 3. The fourth-order valence-electron chi connectivity index (χ4n) is 2.45. The maximum Gasteiger partial charge on any atom is 0.413 e. The molecule has 3 amide bonds. The maximum atomic E-state index is 12.4. The first-order valence-electron chi connectivity index (χ1n) is 8.03. The quantitative estimate of drug-likeness (QED) is 0.860. The Morgan fingerprint density at radius 3 is 2.88 bits per heavy atom. The van der Waals surface area contributed by atoms with Crippen molar-refractivity contribution in [2.75, 3.05) is 30.4 Å². The monoisotopic (exact) mass is 377 g/mol. The third-order valence-corrected chi connectivity index (χ3v) is 4.58. The number of nitrogens with one attached hydrogen (secondary N) is 1. The lowest BCUT2D eigenvalue weighted by Crippen LogP contribution is -2.38. The second kappa shape index (κ2) is 7.56. The zero-order chi connectivity index (χ0) is 18.7. The number of aromatic nitrogens is 2. The molecule has 3 rings (SSSR count). The van der Waals surface area contributed by atoms with Crippen molar-refractivity contribution >= 4 is 34.3 Å². The van der Waals surface area contributed by atoms with Crippen LogP contribution in [-0.4, -0.2) is 53.6 Å². The van der Waals surface area contributed by atoms with E-state index in [4.69, 9.17) is 9.47 Å². The molecular formula is C16H19N5O4S. The van der Waals surface area contributed by atoms with Gasteiger partial charge in [0.2, 0.25) is 11.4 Å². The lowest BCUT2D eigenvalue weighted by Gasteiger charge is -2.20. The van der Waals surface area contributed by atoms with Crippen molar-refractivity contribution in [2.24, 2.45) is 0 Å². The number of para-hydroxylation sites is 1. The molecule has 1 atom stereocenters. The summed E-state index contributed by atoms with van der Waals surface area (Å²) in [5.41, 5.74) is 1.56. The van der Waals surface area contributed by atoms with Crippen molar-refractivity contribution in [2.45, 2.75) is 20.1 Å². The third-order valence-electron chi connectivity index (χ3n) is 3.75. The normalized spacial score (nSPS) is 16.7. The van der Waals surface area contributed by atoms with Crippen molar-refractivity contribution < 1.29 is 19.1 Å². The van der Waals surface area contributed by atoms with Crippen LogP contribution in [0.15, 0.2) is 24.3 Å². The number of carbonyl (C=O) groups is 2. The highest BCUT2D eigenvalue weighted by molar-refractivity contribution is 7.17. The number of urea groups is 1. The highest BCUT2D eigenvalue weighted by Crippen LogP contribution is 2.31. The summed E-state index contributed by atoms with van der Waals surface area (Å²) in [5.74, 6) is 0. The van der Waals surface area contributed by atoms with E-state index in [2.05, 4.69) is 15.5 Å². The molecule has 1 aromatic heterocycles. The zero-order valence-electron chi connectivity index (χ0n) is 14.6. The molecule has 0 radical (unpaired) electrons. The molecule has 2 aromatic rings. The van der Waals surface area contributed by atoms with Gasteiger partial charge in [-0.2, -0.15) is 0 Å². The van der Waals surface area contributed by atoms with Gasteiger partial charge in [0.1, 0.15) is 0 Å². The average Bonchev–Trinajstić information content (AvgIpc) is 3.15. The Balaban J connectivity index is 1.73.